The van der Waals surface area contributed by atoms with Crippen LogP contribution in [0.4, 0.5) is 11.4 Å². The second-order valence-electron chi connectivity index (χ2n) is 6.19. The van der Waals surface area contributed by atoms with Gasteiger partial charge in [-0.25, -0.2) is 4.79 Å². The smallest absolute Gasteiger partial charge is 0.338 e. The summed E-state index contributed by atoms with van der Waals surface area (Å²) in [6.07, 6.45) is 4.62. The van der Waals surface area contributed by atoms with Gasteiger partial charge in [0, 0.05) is 12.1 Å². The summed E-state index contributed by atoms with van der Waals surface area (Å²) in [5, 5.41) is 21.7. The van der Waals surface area contributed by atoms with E-state index in [0.717, 1.165) is 43.9 Å². The zero-order valence-electron chi connectivity index (χ0n) is 12.3. The predicted molar refractivity (Wildman–Crippen MR) is 79.0 cm³/mol. The molecule has 8 nitrogen and oxygen atoms in total. The summed E-state index contributed by atoms with van der Waals surface area (Å²) in [6.45, 7) is 0.282. The Kier molecular flexibility index (Phi) is 3.97. The van der Waals surface area contributed by atoms with Crippen LogP contribution in [-0.2, 0) is 4.74 Å². The van der Waals surface area contributed by atoms with Crippen LogP contribution in [0.3, 0.4) is 0 Å². The van der Waals surface area contributed by atoms with E-state index in [1.165, 1.54) is 0 Å². The number of hydrogen-bond acceptors (Lipinski definition) is 6. The molecule has 2 fully saturated rings. The number of benzene rings is 1. The molecule has 0 saturated heterocycles. The standard InChI is InChI=1S/C15H16N2O6/c18-15(23-8-14(9-1-2-9)10-3-4-10)11-5-12(16(19)20)7-13(6-11)17(21)22/h5-7,9-10,14H,1-4,8H2. The Morgan fingerprint density at radius 1 is 1.04 bits per heavy atom. The molecule has 0 N–H and O–H groups in total. The number of nitrogens with zero attached hydrogens (tertiary/aromatic N) is 2. The molecular weight excluding hydrogens is 304 g/mol. The zero-order valence-corrected chi connectivity index (χ0v) is 12.3. The van der Waals surface area contributed by atoms with Gasteiger partial charge < -0.3 is 4.74 Å². The van der Waals surface area contributed by atoms with E-state index in [-0.39, 0.29) is 12.2 Å². The van der Waals surface area contributed by atoms with Gasteiger partial charge in [-0.3, -0.25) is 20.2 Å². The lowest BCUT2D eigenvalue weighted by Gasteiger charge is -2.15. The van der Waals surface area contributed by atoms with Gasteiger partial charge in [0.25, 0.3) is 11.4 Å². The van der Waals surface area contributed by atoms with Crippen LogP contribution in [0.2, 0.25) is 0 Å². The number of carbonyl (C=O) groups is 1. The van der Waals surface area contributed by atoms with Crippen molar-refractivity contribution in [3.05, 3.63) is 44.0 Å². The maximum atomic E-state index is 12.1. The summed E-state index contributed by atoms with van der Waals surface area (Å²) in [6, 6.07) is 2.85. The molecule has 0 atom stereocenters. The Labute approximate surface area is 131 Å². The maximum Gasteiger partial charge on any atom is 0.338 e. The zero-order chi connectivity index (χ0) is 16.6. The second kappa shape index (κ2) is 5.94. The number of hydrogen-bond donors (Lipinski definition) is 0. The minimum atomic E-state index is -0.763. The van der Waals surface area contributed by atoms with E-state index in [4.69, 9.17) is 4.74 Å². The highest BCUT2D eigenvalue weighted by atomic mass is 16.6. The molecule has 0 amide bonds. The number of nitro benzene ring substituents is 2. The van der Waals surface area contributed by atoms with Gasteiger partial charge in [0.05, 0.1) is 28.1 Å². The molecule has 1 aromatic carbocycles. The fraction of sp³-hybridized carbons (Fsp3) is 0.533. The van der Waals surface area contributed by atoms with E-state index in [9.17, 15) is 25.0 Å². The third kappa shape index (κ3) is 3.64. The predicted octanol–water partition coefficient (Wildman–Crippen LogP) is 3.10. The van der Waals surface area contributed by atoms with Crippen LogP contribution in [0, 0.1) is 38.0 Å². The number of ether oxygens (including phenoxy) is 1. The highest BCUT2D eigenvalue weighted by Gasteiger charge is 2.42. The minimum Gasteiger partial charge on any atom is -0.462 e. The topological polar surface area (TPSA) is 113 Å². The Morgan fingerprint density at radius 3 is 1.91 bits per heavy atom. The number of nitro groups is 2. The molecule has 2 aliphatic carbocycles. The van der Waals surface area contributed by atoms with Crippen LogP contribution in [0.15, 0.2) is 18.2 Å². The lowest BCUT2D eigenvalue weighted by atomic mass is 9.99. The van der Waals surface area contributed by atoms with Crippen LogP contribution in [0.25, 0.3) is 0 Å². The molecule has 0 heterocycles. The molecule has 2 aliphatic rings. The molecule has 8 heteroatoms. The first kappa shape index (κ1) is 15.4. The fourth-order valence-electron chi connectivity index (χ4n) is 2.88. The van der Waals surface area contributed by atoms with Gasteiger partial charge >= 0.3 is 5.97 Å². The van der Waals surface area contributed by atoms with Gasteiger partial charge in [-0.1, -0.05) is 0 Å². The fourth-order valence-corrected chi connectivity index (χ4v) is 2.88. The normalized spacial score (nSPS) is 17.1. The third-order valence-corrected chi connectivity index (χ3v) is 4.42. The van der Waals surface area contributed by atoms with Crippen LogP contribution in [-0.4, -0.2) is 22.4 Å². The summed E-state index contributed by atoms with van der Waals surface area (Å²) >= 11 is 0. The van der Waals surface area contributed by atoms with E-state index in [2.05, 4.69) is 0 Å². The molecule has 2 saturated carbocycles. The van der Waals surface area contributed by atoms with Crippen molar-refractivity contribution in [3.8, 4) is 0 Å². The number of esters is 1. The van der Waals surface area contributed by atoms with Crippen LogP contribution in [0.1, 0.15) is 36.0 Å². The van der Waals surface area contributed by atoms with Crippen molar-refractivity contribution < 1.29 is 19.4 Å². The molecule has 0 radical (unpaired) electrons. The molecule has 1 aromatic rings. The lowest BCUT2D eigenvalue weighted by molar-refractivity contribution is -0.394. The average molecular weight is 320 g/mol. The Bertz CT molecular complexity index is 622. The van der Waals surface area contributed by atoms with Crippen molar-refractivity contribution in [3.63, 3.8) is 0 Å². The van der Waals surface area contributed by atoms with Crippen LogP contribution < -0.4 is 0 Å². The minimum absolute atomic E-state index is 0.156. The van der Waals surface area contributed by atoms with E-state index in [0.29, 0.717) is 17.8 Å². The molecule has 23 heavy (non-hydrogen) atoms. The van der Waals surface area contributed by atoms with Gasteiger partial charge in [0.2, 0.25) is 0 Å². The molecule has 0 spiro atoms. The van der Waals surface area contributed by atoms with Crippen molar-refractivity contribution in [2.45, 2.75) is 25.7 Å². The quantitative estimate of drug-likeness (QED) is 0.433. The molecule has 0 aliphatic heterocycles. The first-order chi connectivity index (χ1) is 11.0. The highest BCUT2D eigenvalue weighted by Crippen LogP contribution is 2.49. The van der Waals surface area contributed by atoms with Crippen molar-refractivity contribution in [1.29, 1.82) is 0 Å². The summed E-state index contributed by atoms with van der Waals surface area (Å²) < 4.78 is 5.28. The Hall–Kier alpha value is -2.51. The van der Waals surface area contributed by atoms with Crippen molar-refractivity contribution in [2.24, 2.45) is 17.8 Å². The number of rotatable bonds is 7. The average Bonchev–Trinajstić information content (AvgIpc) is 3.39. The second-order valence-corrected chi connectivity index (χ2v) is 6.19. The monoisotopic (exact) mass is 320 g/mol. The molecule has 0 unspecified atom stereocenters. The van der Waals surface area contributed by atoms with E-state index in [1.807, 2.05) is 0 Å². The first-order valence-electron chi connectivity index (χ1n) is 7.56. The summed E-state index contributed by atoms with van der Waals surface area (Å²) in [5.41, 5.74) is -1.14. The third-order valence-electron chi connectivity index (χ3n) is 4.42. The van der Waals surface area contributed by atoms with Crippen molar-refractivity contribution in [2.75, 3.05) is 6.61 Å². The lowest BCUT2D eigenvalue weighted by Crippen LogP contribution is -2.18. The van der Waals surface area contributed by atoms with Gasteiger partial charge in [-0.05, 0) is 43.4 Å². The molecule has 122 valence electrons. The van der Waals surface area contributed by atoms with Crippen molar-refractivity contribution in [1.82, 2.24) is 0 Å². The largest absolute Gasteiger partial charge is 0.462 e. The summed E-state index contributed by atoms with van der Waals surface area (Å²) in [5.74, 6) is 0.820. The Morgan fingerprint density at radius 2 is 1.52 bits per heavy atom. The van der Waals surface area contributed by atoms with E-state index in [1.54, 1.807) is 0 Å². The highest BCUT2D eigenvalue weighted by molar-refractivity contribution is 5.91. The van der Waals surface area contributed by atoms with Crippen LogP contribution >= 0.6 is 0 Å². The summed E-state index contributed by atoms with van der Waals surface area (Å²) in [4.78, 5) is 32.3. The van der Waals surface area contributed by atoms with Gasteiger partial charge in [-0.15, -0.1) is 0 Å². The molecule has 3 rings (SSSR count). The number of carbonyl (C=O) groups excluding carboxylic acids is 1. The maximum absolute atomic E-state index is 12.1. The number of non-ortho nitro benzene ring substituents is 2. The Balaban J connectivity index is 1.72. The first-order valence-corrected chi connectivity index (χ1v) is 7.56. The molecule has 0 bridgehead atoms. The summed E-state index contributed by atoms with van der Waals surface area (Å²) in [7, 11) is 0. The molecular formula is C15H16N2O6. The van der Waals surface area contributed by atoms with Crippen LogP contribution in [0.5, 0.6) is 0 Å². The van der Waals surface area contributed by atoms with Gasteiger partial charge in [0.15, 0.2) is 0 Å². The van der Waals surface area contributed by atoms with Gasteiger partial charge in [0.1, 0.15) is 0 Å². The van der Waals surface area contributed by atoms with Crippen molar-refractivity contribution >= 4 is 17.3 Å². The SMILES string of the molecule is O=C(OCC(C1CC1)C1CC1)c1cc([N+](=O)[O-])cc([N+](=O)[O-])c1. The van der Waals surface area contributed by atoms with Gasteiger partial charge in [-0.2, -0.15) is 0 Å². The van der Waals surface area contributed by atoms with E-state index < -0.39 is 27.2 Å². The molecule has 0 aromatic heterocycles. The van der Waals surface area contributed by atoms with E-state index >= 15 is 0 Å².